The van der Waals surface area contributed by atoms with Gasteiger partial charge in [-0.05, 0) is 19.3 Å². The molecule has 0 spiro atoms. The van der Waals surface area contributed by atoms with Crippen LogP contribution in [0.1, 0.15) is 27.2 Å². The number of rotatable bonds is 6. The minimum atomic E-state index is -0.316. The first kappa shape index (κ1) is 17.1. The van der Waals surface area contributed by atoms with Gasteiger partial charge in [-0.1, -0.05) is 13.8 Å². The number of methoxy groups -OCH3 is 1. The highest BCUT2D eigenvalue weighted by molar-refractivity contribution is 5.85. The van der Waals surface area contributed by atoms with Crippen LogP contribution in [-0.4, -0.2) is 31.7 Å². The van der Waals surface area contributed by atoms with Gasteiger partial charge in [0.05, 0.1) is 0 Å². The quantitative estimate of drug-likeness (QED) is 0.724. The highest BCUT2D eigenvalue weighted by Gasteiger charge is 2.25. The number of amides is 1. The maximum absolute atomic E-state index is 11.3. The number of hydrogen-bond acceptors (Lipinski definition) is 3. The summed E-state index contributed by atoms with van der Waals surface area (Å²) in [5.74, 6) is 0.396. The van der Waals surface area contributed by atoms with Crippen LogP contribution >= 0.6 is 12.4 Å². The van der Waals surface area contributed by atoms with Crippen LogP contribution in [0.2, 0.25) is 0 Å². The number of nitrogens with one attached hydrogen (secondary N) is 1. The van der Waals surface area contributed by atoms with Gasteiger partial charge in [-0.2, -0.15) is 0 Å². The molecule has 15 heavy (non-hydrogen) atoms. The van der Waals surface area contributed by atoms with E-state index in [2.05, 4.69) is 19.2 Å². The summed E-state index contributed by atoms with van der Waals surface area (Å²) in [5.41, 5.74) is 5.33. The van der Waals surface area contributed by atoms with Crippen molar-refractivity contribution in [3.8, 4) is 0 Å². The Labute approximate surface area is 98.3 Å². The van der Waals surface area contributed by atoms with Crippen LogP contribution in [0.15, 0.2) is 0 Å². The van der Waals surface area contributed by atoms with Gasteiger partial charge in [0.15, 0.2) is 0 Å². The molecule has 0 radical (unpaired) electrons. The van der Waals surface area contributed by atoms with Crippen LogP contribution in [-0.2, 0) is 9.53 Å². The molecule has 0 aliphatic rings. The topological polar surface area (TPSA) is 64.3 Å². The molecule has 1 unspecified atom stereocenters. The standard InChI is InChI=1S/C10H22N2O2.ClH/c1-8(2)5-10(3,7-11)12-9(13)6-14-4;/h8H,5-7,11H2,1-4H3,(H,12,13);1H. The second-order valence-corrected chi connectivity index (χ2v) is 4.34. The summed E-state index contributed by atoms with van der Waals surface area (Å²) < 4.78 is 4.75. The Morgan fingerprint density at radius 3 is 2.40 bits per heavy atom. The summed E-state index contributed by atoms with van der Waals surface area (Å²) >= 11 is 0. The molecule has 0 aliphatic heterocycles. The second kappa shape index (κ2) is 7.91. The van der Waals surface area contributed by atoms with E-state index >= 15 is 0 Å². The van der Waals surface area contributed by atoms with E-state index in [1.165, 1.54) is 7.11 Å². The van der Waals surface area contributed by atoms with Crippen molar-refractivity contribution < 1.29 is 9.53 Å². The molecule has 0 saturated heterocycles. The highest BCUT2D eigenvalue weighted by atomic mass is 35.5. The number of ether oxygens (including phenoxy) is 1. The lowest BCUT2D eigenvalue weighted by molar-refractivity contribution is -0.126. The fraction of sp³-hybridized carbons (Fsp3) is 0.900. The lowest BCUT2D eigenvalue weighted by Crippen LogP contribution is -2.53. The van der Waals surface area contributed by atoms with Crippen molar-refractivity contribution in [1.29, 1.82) is 0 Å². The van der Waals surface area contributed by atoms with Gasteiger partial charge in [-0.15, -0.1) is 12.4 Å². The Morgan fingerprint density at radius 1 is 1.53 bits per heavy atom. The molecule has 5 heteroatoms. The maximum atomic E-state index is 11.3. The molecule has 0 saturated carbocycles. The van der Waals surface area contributed by atoms with Crippen molar-refractivity contribution in [2.75, 3.05) is 20.3 Å². The summed E-state index contributed by atoms with van der Waals surface area (Å²) in [6.07, 6.45) is 0.874. The molecule has 1 atom stereocenters. The zero-order valence-corrected chi connectivity index (χ0v) is 10.8. The van der Waals surface area contributed by atoms with Crippen LogP contribution in [0.25, 0.3) is 0 Å². The van der Waals surface area contributed by atoms with Crippen LogP contribution in [0.5, 0.6) is 0 Å². The molecule has 4 nitrogen and oxygen atoms in total. The predicted molar refractivity (Wildman–Crippen MR) is 64.2 cm³/mol. The summed E-state index contributed by atoms with van der Waals surface area (Å²) in [4.78, 5) is 11.3. The van der Waals surface area contributed by atoms with Crippen molar-refractivity contribution >= 4 is 18.3 Å². The van der Waals surface area contributed by atoms with Gasteiger partial charge in [0.1, 0.15) is 6.61 Å². The monoisotopic (exact) mass is 238 g/mol. The molecular weight excluding hydrogens is 216 g/mol. The smallest absolute Gasteiger partial charge is 0.246 e. The largest absolute Gasteiger partial charge is 0.375 e. The first-order valence-electron chi connectivity index (χ1n) is 4.93. The Hall–Kier alpha value is -0.320. The van der Waals surface area contributed by atoms with E-state index in [9.17, 15) is 4.79 Å². The molecule has 0 aromatic heterocycles. The third-order valence-electron chi connectivity index (χ3n) is 2.03. The molecule has 0 heterocycles. The Kier molecular flexibility index (Phi) is 9.01. The molecule has 92 valence electrons. The molecule has 1 amide bonds. The van der Waals surface area contributed by atoms with Crippen molar-refractivity contribution in [3.63, 3.8) is 0 Å². The van der Waals surface area contributed by atoms with Gasteiger partial charge in [-0.25, -0.2) is 0 Å². The van der Waals surface area contributed by atoms with Gasteiger partial charge < -0.3 is 15.8 Å². The van der Waals surface area contributed by atoms with Crippen LogP contribution in [0, 0.1) is 5.92 Å². The zero-order valence-electron chi connectivity index (χ0n) is 10.0. The van der Waals surface area contributed by atoms with E-state index in [1.54, 1.807) is 0 Å². The molecule has 0 aromatic rings. The molecule has 0 fully saturated rings. The number of nitrogens with two attached hydrogens (primary N) is 1. The Bertz CT molecular complexity index is 188. The van der Waals surface area contributed by atoms with E-state index in [0.717, 1.165) is 6.42 Å². The average molecular weight is 239 g/mol. The molecule has 0 bridgehead atoms. The summed E-state index contributed by atoms with van der Waals surface area (Å²) in [6, 6.07) is 0. The van der Waals surface area contributed by atoms with Gasteiger partial charge >= 0.3 is 0 Å². The van der Waals surface area contributed by atoms with Gasteiger partial charge in [0.25, 0.3) is 0 Å². The lowest BCUT2D eigenvalue weighted by atomic mass is 9.91. The van der Waals surface area contributed by atoms with Gasteiger partial charge in [0, 0.05) is 19.2 Å². The van der Waals surface area contributed by atoms with E-state index in [-0.39, 0.29) is 30.5 Å². The number of hydrogen-bond donors (Lipinski definition) is 2. The van der Waals surface area contributed by atoms with E-state index in [1.807, 2.05) is 6.92 Å². The first-order valence-corrected chi connectivity index (χ1v) is 4.93. The SMILES string of the molecule is COCC(=O)NC(C)(CN)CC(C)C.Cl. The van der Waals surface area contributed by atoms with Gasteiger partial charge in [0.2, 0.25) is 5.91 Å². The molecule has 3 N–H and O–H groups in total. The average Bonchev–Trinajstić information content (AvgIpc) is 2.02. The zero-order chi connectivity index (χ0) is 11.2. The molecule has 0 rings (SSSR count). The molecule has 0 aromatic carbocycles. The summed E-state index contributed by atoms with van der Waals surface area (Å²) in [5, 5.41) is 2.89. The number of carbonyl (C=O) groups excluding carboxylic acids is 1. The van der Waals surface area contributed by atoms with Crippen LogP contribution < -0.4 is 11.1 Å². The third kappa shape index (κ3) is 7.59. The second-order valence-electron chi connectivity index (χ2n) is 4.34. The Balaban J connectivity index is 0. The number of carbonyl (C=O) groups is 1. The molecular formula is C10H23ClN2O2. The fourth-order valence-electron chi connectivity index (χ4n) is 1.59. The third-order valence-corrected chi connectivity index (χ3v) is 2.03. The van der Waals surface area contributed by atoms with E-state index in [4.69, 9.17) is 10.5 Å². The van der Waals surface area contributed by atoms with Gasteiger partial charge in [-0.3, -0.25) is 4.79 Å². The lowest BCUT2D eigenvalue weighted by Gasteiger charge is -2.31. The number of halogens is 1. The summed E-state index contributed by atoms with van der Waals surface area (Å²) in [6.45, 7) is 6.71. The highest BCUT2D eigenvalue weighted by Crippen LogP contribution is 2.14. The van der Waals surface area contributed by atoms with Crippen molar-refractivity contribution in [2.24, 2.45) is 11.7 Å². The normalized spacial score (nSPS) is 14.3. The minimum Gasteiger partial charge on any atom is -0.375 e. The predicted octanol–water partition coefficient (Wildman–Crippen LogP) is 0.934. The molecule has 0 aliphatic carbocycles. The van der Waals surface area contributed by atoms with Crippen molar-refractivity contribution in [3.05, 3.63) is 0 Å². The fourth-order valence-corrected chi connectivity index (χ4v) is 1.59. The summed E-state index contributed by atoms with van der Waals surface area (Å²) in [7, 11) is 1.50. The first-order chi connectivity index (χ1) is 6.43. The van der Waals surface area contributed by atoms with Crippen molar-refractivity contribution in [2.45, 2.75) is 32.7 Å². The van der Waals surface area contributed by atoms with E-state index in [0.29, 0.717) is 12.5 Å². The van der Waals surface area contributed by atoms with Crippen LogP contribution in [0.4, 0.5) is 0 Å². The maximum Gasteiger partial charge on any atom is 0.246 e. The van der Waals surface area contributed by atoms with E-state index < -0.39 is 0 Å². The van der Waals surface area contributed by atoms with Crippen molar-refractivity contribution in [1.82, 2.24) is 5.32 Å². The minimum absolute atomic E-state index is 0. The Morgan fingerprint density at radius 2 is 2.07 bits per heavy atom. The van der Waals surface area contributed by atoms with Crippen LogP contribution in [0.3, 0.4) is 0 Å².